The van der Waals surface area contributed by atoms with E-state index in [0.29, 0.717) is 5.92 Å². The molecule has 2 rings (SSSR count). The van der Waals surface area contributed by atoms with Crippen LogP contribution < -0.4 is 0 Å². The largest absolute Gasteiger partial charge is 0.384 e. The number of allylic oxidation sites excluding steroid dienone is 3. The molecule has 1 aliphatic carbocycles. The van der Waals surface area contributed by atoms with Crippen molar-refractivity contribution in [3.8, 4) is 0 Å². The number of rotatable bonds is 6. The lowest BCUT2D eigenvalue weighted by atomic mass is 9.87. The second-order valence-electron chi connectivity index (χ2n) is 6.11. The monoisotopic (exact) mass is 286 g/mol. The van der Waals surface area contributed by atoms with E-state index >= 15 is 0 Å². The Kier molecular flexibility index (Phi) is 5.38. The third-order valence-corrected chi connectivity index (χ3v) is 4.54. The van der Waals surface area contributed by atoms with Gasteiger partial charge in [-0.25, -0.2) is 0 Å². The Bertz CT molecular complexity index is 496. The van der Waals surface area contributed by atoms with Gasteiger partial charge in [-0.05, 0) is 36.8 Å². The lowest BCUT2D eigenvalue weighted by Gasteiger charge is -2.27. The van der Waals surface area contributed by atoms with Crippen molar-refractivity contribution in [2.75, 3.05) is 27.4 Å². The number of hydrogen-bond donors (Lipinski definition) is 0. The van der Waals surface area contributed by atoms with Gasteiger partial charge in [0.2, 0.25) is 0 Å². The van der Waals surface area contributed by atoms with Crippen molar-refractivity contribution in [3.63, 3.8) is 0 Å². The molecule has 0 bridgehead atoms. The van der Waals surface area contributed by atoms with Crippen LogP contribution >= 0.6 is 0 Å². The first-order valence-electron chi connectivity index (χ1n) is 7.51. The lowest BCUT2D eigenvalue weighted by Crippen LogP contribution is -2.28. The molecule has 0 aromatic heterocycles. The van der Waals surface area contributed by atoms with E-state index < -0.39 is 0 Å². The van der Waals surface area contributed by atoms with Gasteiger partial charge in [-0.3, -0.25) is 0 Å². The average molecular weight is 286 g/mol. The summed E-state index contributed by atoms with van der Waals surface area (Å²) in [6, 6.07) is 10.6. The minimum absolute atomic E-state index is 0.0771. The van der Waals surface area contributed by atoms with Gasteiger partial charge in [0.25, 0.3) is 0 Å². The highest BCUT2D eigenvalue weighted by atomic mass is 16.5. The average Bonchev–Trinajstić information content (AvgIpc) is 2.87. The molecule has 0 saturated heterocycles. The Morgan fingerprint density at radius 3 is 2.38 bits per heavy atom. The van der Waals surface area contributed by atoms with Crippen molar-refractivity contribution < 1.29 is 9.47 Å². The SMILES string of the molecule is C=CC1CC(COC)(COC)C/C1=C(\C)c1ccccc1. The quantitative estimate of drug-likeness (QED) is 0.724. The number of benzene rings is 1. The van der Waals surface area contributed by atoms with Gasteiger partial charge in [-0.15, -0.1) is 6.58 Å². The molecule has 114 valence electrons. The summed E-state index contributed by atoms with van der Waals surface area (Å²) in [6.07, 6.45) is 4.15. The molecule has 2 nitrogen and oxygen atoms in total. The smallest absolute Gasteiger partial charge is 0.0544 e. The molecular formula is C19H26O2. The summed E-state index contributed by atoms with van der Waals surface area (Å²) < 4.78 is 10.9. The fourth-order valence-electron chi connectivity index (χ4n) is 3.58. The molecule has 0 spiro atoms. The van der Waals surface area contributed by atoms with Crippen molar-refractivity contribution in [2.24, 2.45) is 11.3 Å². The van der Waals surface area contributed by atoms with Gasteiger partial charge in [-0.2, -0.15) is 0 Å². The van der Waals surface area contributed by atoms with Crippen molar-refractivity contribution in [3.05, 3.63) is 54.1 Å². The van der Waals surface area contributed by atoms with Crippen LogP contribution in [0.5, 0.6) is 0 Å². The minimum atomic E-state index is 0.0771. The van der Waals surface area contributed by atoms with E-state index in [4.69, 9.17) is 9.47 Å². The molecule has 1 aliphatic rings. The van der Waals surface area contributed by atoms with Crippen molar-refractivity contribution in [1.82, 2.24) is 0 Å². The van der Waals surface area contributed by atoms with Crippen LogP contribution in [0.2, 0.25) is 0 Å². The maximum absolute atomic E-state index is 5.47. The standard InChI is InChI=1S/C19H26O2/c1-5-16-11-19(13-20-3,14-21-4)12-18(16)15(2)17-9-7-6-8-10-17/h5-10,16H,1,11-14H2,2-4H3/b18-15-. The van der Waals surface area contributed by atoms with Crippen LogP contribution in [0.3, 0.4) is 0 Å². The molecule has 0 radical (unpaired) electrons. The van der Waals surface area contributed by atoms with Crippen LogP contribution in [0.1, 0.15) is 25.3 Å². The molecule has 1 fully saturated rings. The molecule has 0 amide bonds. The van der Waals surface area contributed by atoms with Crippen molar-refractivity contribution in [2.45, 2.75) is 19.8 Å². The van der Waals surface area contributed by atoms with Gasteiger partial charge < -0.3 is 9.47 Å². The summed E-state index contributed by atoms with van der Waals surface area (Å²) >= 11 is 0. The summed E-state index contributed by atoms with van der Waals surface area (Å²) in [4.78, 5) is 0. The highest BCUT2D eigenvalue weighted by molar-refractivity contribution is 5.68. The van der Waals surface area contributed by atoms with Gasteiger partial charge in [0, 0.05) is 19.6 Å². The Morgan fingerprint density at radius 2 is 1.86 bits per heavy atom. The van der Waals surface area contributed by atoms with E-state index in [-0.39, 0.29) is 5.41 Å². The fourth-order valence-corrected chi connectivity index (χ4v) is 3.58. The second kappa shape index (κ2) is 7.06. The summed E-state index contributed by atoms with van der Waals surface area (Å²) in [5.41, 5.74) is 4.22. The molecule has 0 aliphatic heterocycles. The van der Waals surface area contributed by atoms with Crippen LogP contribution in [0.4, 0.5) is 0 Å². The topological polar surface area (TPSA) is 18.5 Å². The molecule has 1 saturated carbocycles. The number of methoxy groups -OCH3 is 2. The summed E-state index contributed by atoms with van der Waals surface area (Å²) in [6.45, 7) is 7.72. The number of ether oxygens (including phenoxy) is 2. The zero-order valence-electron chi connectivity index (χ0n) is 13.4. The predicted octanol–water partition coefficient (Wildman–Crippen LogP) is 4.34. The minimum Gasteiger partial charge on any atom is -0.384 e. The van der Waals surface area contributed by atoms with E-state index in [0.717, 1.165) is 26.1 Å². The molecule has 21 heavy (non-hydrogen) atoms. The van der Waals surface area contributed by atoms with E-state index in [9.17, 15) is 0 Å². The lowest BCUT2D eigenvalue weighted by molar-refractivity contribution is 0.0144. The van der Waals surface area contributed by atoms with E-state index in [1.54, 1.807) is 14.2 Å². The molecule has 2 heteroatoms. The number of hydrogen-bond acceptors (Lipinski definition) is 2. The Balaban J connectivity index is 2.36. The first kappa shape index (κ1) is 16.0. The predicted molar refractivity (Wildman–Crippen MR) is 88.1 cm³/mol. The van der Waals surface area contributed by atoms with E-state index in [1.165, 1.54) is 16.7 Å². The maximum atomic E-state index is 5.47. The Labute approximate surface area is 128 Å². The highest BCUT2D eigenvalue weighted by Gasteiger charge is 2.42. The second-order valence-corrected chi connectivity index (χ2v) is 6.11. The molecule has 1 aromatic rings. The highest BCUT2D eigenvalue weighted by Crippen LogP contribution is 2.48. The van der Waals surface area contributed by atoms with Gasteiger partial charge in [0.15, 0.2) is 0 Å². The van der Waals surface area contributed by atoms with Gasteiger partial charge in [-0.1, -0.05) is 42.0 Å². The van der Waals surface area contributed by atoms with Crippen molar-refractivity contribution in [1.29, 1.82) is 0 Å². The molecule has 1 unspecified atom stereocenters. The van der Waals surface area contributed by atoms with Crippen LogP contribution in [0, 0.1) is 11.3 Å². The van der Waals surface area contributed by atoms with Gasteiger partial charge in [0.05, 0.1) is 13.2 Å². The molecule has 1 atom stereocenters. The van der Waals surface area contributed by atoms with Gasteiger partial charge >= 0.3 is 0 Å². The summed E-state index contributed by atoms with van der Waals surface area (Å²) in [7, 11) is 3.54. The van der Waals surface area contributed by atoms with E-state index in [2.05, 4.69) is 49.9 Å². The summed E-state index contributed by atoms with van der Waals surface area (Å²) in [5, 5.41) is 0. The zero-order chi connectivity index (χ0) is 15.3. The molecule has 0 heterocycles. The van der Waals surface area contributed by atoms with Crippen LogP contribution in [0.25, 0.3) is 5.57 Å². The summed E-state index contributed by atoms with van der Waals surface area (Å²) in [5.74, 6) is 0.413. The van der Waals surface area contributed by atoms with Crippen LogP contribution in [-0.4, -0.2) is 27.4 Å². The Hall–Kier alpha value is -1.38. The van der Waals surface area contributed by atoms with Crippen molar-refractivity contribution >= 4 is 5.57 Å². The van der Waals surface area contributed by atoms with Crippen LogP contribution in [-0.2, 0) is 9.47 Å². The Morgan fingerprint density at radius 1 is 1.24 bits per heavy atom. The molecule has 1 aromatic carbocycles. The third kappa shape index (κ3) is 3.45. The first-order valence-corrected chi connectivity index (χ1v) is 7.51. The van der Waals surface area contributed by atoms with E-state index in [1.807, 2.05) is 0 Å². The van der Waals surface area contributed by atoms with Gasteiger partial charge in [0.1, 0.15) is 0 Å². The molecular weight excluding hydrogens is 260 g/mol. The first-order chi connectivity index (χ1) is 10.2. The maximum Gasteiger partial charge on any atom is 0.0544 e. The normalized spacial score (nSPS) is 23.1. The zero-order valence-corrected chi connectivity index (χ0v) is 13.4. The van der Waals surface area contributed by atoms with Crippen LogP contribution in [0.15, 0.2) is 48.6 Å². The molecule has 0 N–H and O–H groups in total. The third-order valence-electron chi connectivity index (χ3n) is 4.54. The fraction of sp³-hybridized carbons (Fsp3) is 0.474.